The van der Waals surface area contributed by atoms with Gasteiger partial charge in [0.1, 0.15) is 0 Å². The van der Waals surface area contributed by atoms with Crippen LogP contribution in [0.1, 0.15) is 26.7 Å². The van der Waals surface area contributed by atoms with Gasteiger partial charge in [-0.25, -0.2) is 0 Å². The van der Waals surface area contributed by atoms with Gasteiger partial charge in [-0.3, -0.25) is 0 Å². The Labute approximate surface area is 82.7 Å². The van der Waals surface area contributed by atoms with Gasteiger partial charge in [0, 0.05) is 18.9 Å². The fourth-order valence-corrected chi connectivity index (χ4v) is 3.18. The Morgan fingerprint density at radius 2 is 1.92 bits per heavy atom. The molecule has 1 saturated carbocycles. The monoisotopic (exact) mass is 202 g/mol. The quantitative estimate of drug-likeness (QED) is 0.504. The smallest absolute Gasteiger partial charge is 0.187 e. The minimum absolute atomic E-state index is 0.187. The van der Waals surface area contributed by atoms with Crippen molar-refractivity contribution in [1.29, 1.82) is 0 Å². The molecule has 0 aromatic rings. The molecule has 78 valence electrons. The number of rotatable bonds is 5. The highest BCUT2D eigenvalue weighted by Crippen LogP contribution is 2.51. The summed E-state index contributed by atoms with van der Waals surface area (Å²) in [7, 11) is -1.45. The lowest BCUT2D eigenvalue weighted by Crippen LogP contribution is -2.36. The van der Waals surface area contributed by atoms with Crippen molar-refractivity contribution in [2.75, 3.05) is 6.61 Å². The van der Waals surface area contributed by atoms with E-state index in [4.69, 9.17) is 9.16 Å². The zero-order valence-electron chi connectivity index (χ0n) is 9.52. The van der Waals surface area contributed by atoms with Crippen molar-refractivity contribution in [3.05, 3.63) is 0 Å². The van der Waals surface area contributed by atoms with Crippen molar-refractivity contribution in [2.24, 2.45) is 5.92 Å². The SMILES string of the molecule is CCOC1(O[Si](C)(C)C)CC1CC. The number of ether oxygens (including phenoxy) is 1. The fourth-order valence-electron chi connectivity index (χ4n) is 1.83. The van der Waals surface area contributed by atoms with E-state index in [-0.39, 0.29) is 5.79 Å². The Balaban J connectivity index is 2.51. The largest absolute Gasteiger partial charge is 0.391 e. The third kappa shape index (κ3) is 2.79. The minimum atomic E-state index is -1.45. The summed E-state index contributed by atoms with van der Waals surface area (Å²) in [4.78, 5) is 0. The van der Waals surface area contributed by atoms with E-state index in [1.165, 1.54) is 6.42 Å². The third-order valence-corrected chi connectivity index (χ3v) is 3.31. The summed E-state index contributed by atoms with van der Waals surface area (Å²) < 4.78 is 11.8. The van der Waals surface area contributed by atoms with Crippen molar-refractivity contribution < 1.29 is 9.16 Å². The molecule has 0 aromatic heterocycles. The van der Waals surface area contributed by atoms with Crippen molar-refractivity contribution >= 4 is 8.32 Å². The first kappa shape index (κ1) is 11.2. The van der Waals surface area contributed by atoms with Crippen LogP contribution in [0.3, 0.4) is 0 Å². The van der Waals surface area contributed by atoms with Crippen LogP contribution in [0.4, 0.5) is 0 Å². The third-order valence-electron chi connectivity index (χ3n) is 2.35. The van der Waals surface area contributed by atoms with Gasteiger partial charge in [-0.2, -0.15) is 0 Å². The number of hydrogen-bond acceptors (Lipinski definition) is 2. The second-order valence-electron chi connectivity index (χ2n) is 4.77. The molecule has 0 bridgehead atoms. The summed E-state index contributed by atoms with van der Waals surface area (Å²) in [5.74, 6) is 0.452. The first-order valence-corrected chi connectivity index (χ1v) is 8.68. The Morgan fingerprint density at radius 3 is 2.23 bits per heavy atom. The first-order valence-electron chi connectivity index (χ1n) is 5.27. The molecule has 3 heteroatoms. The Morgan fingerprint density at radius 1 is 1.31 bits per heavy atom. The van der Waals surface area contributed by atoms with Gasteiger partial charge in [0.2, 0.25) is 0 Å². The van der Waals surface area contributed by atoms with Gasteiger partial charge < -0.3 is 9.16 Å². The summed E-state index contributed by atoms with van der Waals surface area (Å²) in [6.07, 6.45) is 2.27. The van der Waals surface area contributed by atoms with Crippen LogP contribution in [0, 0.1) is 5.92 Å². The maximum atomic E-state index is 6.10. The van der Waals surface area contributed by atoms with E-state index >= 15 is 0 Å². The first-order chi connectivity index (χ1) is 5.93. The molecule has 2 nitrogen and oxygen atoms in total. The molecule has 0 saturated heterocycles. The predicted molar refractivity (Wildman–Crippen MR) is 57.2 cm³/mol. The van der Waals surface area contributed by atoms with Crippen LogP contribution < -0.4 is 0 Å². The van der Waals surface area contributed by atoms with Crippen molar-refractivity contribution in [1.82, 2.24) is 0 Å². The Bertz CT molecular complexity index is 176. The molecule has 0 N–H and O–H groups in total. The Kier molecular flexibility index (Phi) is 3.20. The van der Waals surface area contributed by atoms with Gasteiger partial charge in [0.25, 0.3) is 0 Å². The van der Waals surface area contributed by atoms with Gasteiger partial charge >= 0.3 is 0 Å². The molecule has 1 aliphatic carbocycles. The molecular formula is C10H22O2Si. The molecule has 1 fully saturated rings. The molecular weight excluding hydrogens is 180 g/mol. The molecule has 0 heterocycles. The average Bonchev–Trinajstić information content (AvgIpc) is 2.60. The van der Waals surface area contributed by atoms with E-state index in [9.17, 15) is 0 Å². The summed E-state index contributed by atoms with van der Waals surface area (Å²) in [6.45, 7) is 11.7. The van der Waals surface area contributed by atoms with Gasteiger partial charge in [0.05, 0.1) is 0 Å². The summed E-state index contributed by atoms with van der Waals surface area (Å²) in [5, 5.41) is 0. The van der Waals surface area contributed by atoms with Crippen LogP contribution >= 0.6 is 0 Å². The van der Waals surface area contributed by atoms with Crippen LogP contribution in [0.25, 0.3) is 0 Å². The lowest BCUT2D eigenvalue weighted by Gasteiger charge is -2.27. The van der Waals surface area contributed by atoms with E-state index < -0.39 is 8.32 Å². The highest BCUT2D eigenvalue weighted by molar-refractivity contribution is 6.69. The molecule has 0 radical (unpaired) electrons. The molecule has 0 spiro atoms. The van der Waals surface area contributed by atoms with Crippen LogP contribution in [0.5, 0.6) is 0 Å². The summed E-state index contributed by atoms with van der Waals surface area (Å²) in [5.41, 5.74) is 0. The average molecular weight is 202 g/mol. The van der Waals surface area contributed by atoms with Crippen LogP contribution in [-0.4, -0.2) is 20.7 Å². The highest BCUT2D eigenvalue weighted by atomic mass is 28.4. The molecule has 2 unspecified atom stereocenters. The molecule has 13 heavy (non-hydrogen) atoms. The van der Waals surface area contributed by atoms with E-state index in [0.717, 1.165) is 13.0 Å². The minimum Gasteiger partial charge on any atom is -0.391 e. The van der Waals surface area contributed by atoms with Gasteiger partial charge in [-0.1, -0.05) is 6.92 Å². The van der Waals surface area contributed by atoms with E-state index in [2.05, 4.69) is 26.6 Å². The lowest BCUT2D eigenvalue weighted by atomic mass is 10.3. The normalized spacial score (nSPS) is 33.5. The van der Waals surface area contributed by atoms with E-state index in [0.29, 0.717) is 5.92 Å². The molecule has 1 aliphatic rings. The van der Waals surface area contributed by atoms with Crippen LogP contribution in [0.15, 0.2) is 0 Å². The summed E-state index contributed by atoms with van der Waals surface area (Å²) >= 11 is 0. The predicted octanol–water partition coefficient (Wildman–Crippen LogP) is 3.00. The number of hydrogen-bond donors (Lipinski definition) is 0. The maximum absolute atomic E-state index is 6.10. The molecule has 0 amide bonds. The second-order valence-corrected chi connectivity index (χ2v) is 9.20. The molecule has 1 rings (SSSR count). The maximum Gasteiger partial charge on any atom is 0.187 e. The van der Waals surface area contributed by atoms with E-state index in [1.54, 1.807) is 0 Å². The zero-order chi connectivity index (χ0) is 10.1. The molecule has 2 atom stereocenters. The van der Waals surface area contributed by atoms with Gasteiger partial charge in [-0.15, -0.1) is 0 Å². The highest BCUT2D eigenvalue weighted by Gasteiger charge is 2.57. The molecule has 0 aromatic carbocycles. The summed E-state index contributed by atoms with van der Waals surface area (Å²) in [6, 6.07) is 0. The van der Waals surface area contributed by atoms with Crippen LogP contribution in [-0.2, 0) is 9.16 Å². The van der Waals surface area contributed by atoms with Gasteiger partial charge in [-0.05, 0) is 33.0 Å². The Hall–Kier alpha value is 0.137. The van der Waals surface area contributed by atoms with Crippen LogP contribution in [0.2, 0.25) is 19.6 Å². The standard InChI is InChI=1S/C10H22O2Si/c1-6-9-8-10(9,11-7-2)12-13(3,4)5/h9H,6-8H2,1-5H3. The van der Waals surface area contributed by atoms with Crippen molar-refractivity contribution in [2.45, 2.75) is 52.1 Å². The molecule has 0 aliphatic heterocycles. The van der Waals surface area contributed by atoms with Crippen molar-refractivity contribution in [3.8, 4) is 0 Å². The topological polar surface area (TPSA) is 18.5 Å². The zero-order valence-corrected chi connectivity index (χ0v) is 10.5. The van der Waals surface area contributed by atoms with Gasteiger partial charge in [0.15, 0.2) is 14.1 Å². The van der Waals surface area contributed by atoms with E-state index in [1.807, 2.05) is 6.92 Å². The second kappa shape index (κ2) is 3.71. The fraction of sp³-hybridized carbons (Fsp3) is 1.00. The van der Waals surface area contributed by atoms with Crippen molar-refractivity contribution in [3.63, 3.8) is 0 Å². The lowest BCUT2D eigenvalue weighted by molar-refractivity contribution is -0.118.